The molecular formula is C20H29N3O2S2. The predicted molar refractivity (Wildman–Crippen MR) is 115 cm³/mol. The number of nitrogens with one attached hydrogen (secondary N) is 2. The number of hydrogen-bond donors (Lipinski definition) is 2. The normalized spacial score (nSPS) is 13.3. The SMILES string of the molecule is CCNC(=NCC(C)c1ccsc1)NCCCS(=O)(=O)Cc1ccccc1. The molecule has 5 nitrogen and oxygen atoms in total. The van der Waals surface area contributed by atoms with Gasteiger partial charge in [-0.25, -0.2) is 8.42 Å². The molecule has 2 aromatic rings. The summed E-state index contributed by atoms with van der Waals surface area (Å²) < 4.78 is 24.5. The Balaban J connectivity index is 1.77. The minimum absolute atomic E-state index is 0.0974. The van der Waals surface area contributed by atoms with Crippen LogP contribution in [0.2, 0.25) is 0 Å². The van der Waals surface area contributed by atoms with Crippen molar-refractivity contribution in [1.82, 2.24) is 10.6 Å². The van der Waals surface area contributed by atoms with Crippen LogP contribution in [0, 0.1) is 0 Å². The molecule has 0 aliphatic heterocycles. The maximum Gasteiger partial charge on any atom is 0.191 e. The third-order valence-electron chi connectivity index (χ3n) is 4.13. The molecule has 1 unspecified atom stereocenters. The molecule has 0 aliphatic carbocycles. The van der Waals surface area contributed by atoms with E-state index >= 15 is 0 Å². The zero-order valence-corrected chi connectivity index (χ0v) is 17.7. The van der Waals surface area contributed by atoms with E-state index in [-0.39, 0.29) is 11.5 Å². The van der Waals surface area contributed by atoms with E-state index in [1.807, 2.05) is 37.3 Å². The number of nitrogens with zero attached hydrogens (tertiary/aromatic N) is 1. The Labute approximate surface area is 166 Å². The second-order valence-electron chi connectivity index (χ2n) is 6.54. The lowest BCUT2D eigenvalue weighted by Crippen LogP contribution is -2.38. The average Bonchev–Trinajstić information content (AvgIpc) is 3.18. The van der Waals surface area contributed by atoms with Crippen molar-refractivity contribution in [3.8, 4) is 0 Å². The highest BCUT2D eigenvalue weighted by Crippen LogP contribution is 2.18. The van der Waals surface area contributed by atoms with E-state index in [1.54, 1.807) is 11.3 Å². The highest BCUT2D eigenvalue weighted by molar-refractivity contribution is 7.90. The largest absolute Gasteiger partial charge is 0.357 e. The molecule has 1 heterocycles. The van der Waals surface area contributed by atoms with E-state index in [9.17, 15) is 8.42 Å². The molecule has 2 rings (SSSR count). The number of rotatable bonds is 10. The van der Waals surface area contributed by atoms with Crippen LogP contribution < -0.4 is 10.6 Å². The van der Waals surface area contributed by atoms with Crippen LogP contribution in [-0.4, -0.2) is 39.8 Å². The third kappa shape index (κ3) is 8.13. The summed E-state index contributed by atoms with van der Waals surface area (Å²) in [4.78, 5) is 4.62. The number of thiophene rings is 1. The smallest absolute Gasteiger partial charge is 0.191 e. The average molecular weight is 408 g/mol. The highest BCUT2D eigenvalue weighted by atomic mass is 32.2. The highest BCUT2D eigenvalue weighted by Gasteiger charge is 2.12. The summed E-state index contributed by atoms with van der Waals surface area (Å²) in [7, 11) is -3.10. The Morgan fingerprint density at radius 1 is 1.19 bits per heavy atom. The quantitative estimate of drug-likeness (QED) is 0.360. The lowest BCUT2D eigenvalue weighted by Gasteiger charge is -2.13. The lowest BCUT2D eigenvalue weighted by atomic mass is 10.1. The van der Waals surface area contributed by atoms with Gasteiger partial charge in [-0.15, -0.1) is 0 Å². The van der Waals surface area contributed by atoms with Gasteiger partial charge >= 0.3 is 0 Å². The van der Waals surface area contributed by atoms with Crippen LogP contribution in [0.3, 0.4) is 0 Å². The molecule has 7 heteroatoms. The Kier molecular flexibility index (Phi) is 8.81. The maximum absolute atomic E-state index is 12.2. The molecule has 0 bridgehead atoms. The van der Waals surface area contributed by atoms with Crippen molar-refractivity contribution >= 4 is 27.1 Å². The zero-order chi connectivity index (χ0) is 19.5. The fourth-order valence-electron chi connectivity index (χ4n) is 2.63. The van der Waals surface area contributed by atoms with E-state index in [1.165, 1.54) is 5.56 Å². The summed E-state index contributed by atoms with van der Waals surface area (Å²) in [5, 5.41) is 10.7. The molecule has 1 atom stereocenters. The number of hydrogen-bond acceptors (Lipinski definition) is 4. The van der Waals surface area contributed by atoms with E-state index in [0.29, 0.717) is 25.4 Å². The minimum atomic E-state index is -3.10. The summed E-state index contributed by atoms with van der Waals surface area (Å²) in [5.74, 6) is 1.36. The molecule has 0 amide bonds. The molecule has 148 valence electrons. The molecule has 0 fully saturated rings. The summed E-state index contributed by atoms with van der Waals surface area (Å²) in [6.45, 7) is 6.21. The first-order valence-corrected chi connectivity index (χ1v) is 12.0. The van der Waals surface area contributed by atoms with Crippen molar-refractivity contribution in [3.63, 3.8) is 0 Å². The molecule has 0 saturated carbocycles. The third-order valence-corrected chi connectivity index (χ3v) is 6.52. The summed E-state index contributed by atoms with van der Waals surface area (Å²) >= 11 is 1.70. The predicted octanol–water partition coefficient (Wildman–Crippen LogP) is 3.41. The first-order valence-electron chi connectivity index (χ1n) is 9.29. The van der Waals surface area contributed by atoms with Gasteiger partial charge in [0.05, 0.1) is 11.5 Å². The topological polar surface area (TPSA) is 70.6 Å². The number of benzene rings is 1. The van der Waals surface area contributed by atoms with Crippen LogP contribution in [0.1, 0.15) is 37.3 Å². The molecule has 0 aliphatic rings. The van der Waals surface area contributed by atoms with Gasteiger partial charge in [0.15, 0.2) is 15.8 Å². The van der Waals surface area contributed by atoms with Crippen molar-refractivity contribution in [2.75, 3.05) is 25.4 Å². The van der Waals surface area contributed by atoms with E-state index < -0.39 is 9.84 Å². The van der Waals surface area contributed by atoms with Crippen LogP contribution in [0.5, 0.6) is 0 Å². The monoisotopic (exact) mass is 407 g/mol. The molecule has 0 saturated heterocycles. The molecule has 1 aromatic carbocycles. The Bertz CT molecular complexity index is 788. The van der Waals surface area contributed by atoms with Crippen molar-refractivity contribution < 1.29 is 8.42 Å². The fraction of sp³-hybridized carbons (Fsp3) is 0.450. The molecule has 2 N–H and O–H groups in total. The van der Waals surface area contributed by atoms with Gasteiger partial charge in [-0.3, -0.25) is 4.99 Å². The molecular weight excluding hydrogens is 378 g/mol. The van der Waals surface area contributed by atoms with Gasteiger partial charge in [-0.1, -0.05) is 37.3 Å². The van der Waals surface area contributed by atoms with Crippen LogP contribution in [0.25, 0.3) is 0 Å². The first kappa shape index (κ1) is 21.4. The number of sulfone groups is 1. The second-order valence-corrected chi connectivity index (χ2v) is 9.50. The van der Waals surface area contributed by atoms with Gasteiger partial charge in [0.2, 0.25) is 0 Å². The van der Waals surface area contributed by atoms with Gasteiger partial charge in [-0.2, -0.15) is 11.3 Å². The summed E-state index contributed by atoms with van der Waals surface area (Å²) in [6, 6.07) is 11.4. The van der Waals surface area contributed by atoms with Crippen LogP contribution >= 0.6 is 11.3 Å². The lowest BCUT2D eigenvalue weighted by molar-refractivity contribution is 0.591. The number of aliphatic imine (C=N–C) groups is 1. The van der Waals surface area contributed by atoms with Crippen molar-refractivity contribution in [1.29, 1.82) is 0 Å². The Morgan fingerprint density at radius 3 is 2.63 bits per heavy atom. The zero-order valence-electron chi connectivity index (χ0n) is 16.0. The van der Waals surface area contributed by atoms with Gasteiger partial charge in [-0.05, 0) is 41.3 Å². The molecule has 1 aromatic heterocycles. The minimum Gasteiger partial charge on any atom is -0.357 e. The second kappa shape index (κ2) is 11.1. The molecule has 27 heavy (non-hydrogen) atoms. The van der Waals surface area contributed by atoms with Crippen molar-refractivity contribution in [3.05, 3.63) is 58.3 Å². The fourth-order valence-corrected chi connectivity index (χ4v) is 4.84. The Morgan fingerprint density at radius 2 is 1.96 bits per heavy atom. The summed E-state index contributed by atoms with van der Waals surface area (Å²) in [5.41, 5.74) is 2.13. The van der Waals surface area contributed by atoms with Crippen LogP contribution in [0.15, 0.2) is 52.2 Å². The summed E-state index contributed by atoms with van der Waals surface area (Å²) in [6.07, 6.45) is 0.555. The number of guanidine groups is 1. The van der Waals surface area contributed by atoms with E-state index in [0.717, 1.165) is 18.1 Å². The van der Waals surface area contributed by atoms with Gasteiger partial charge < -0.3 is 10.6 Å². The van der Waals surface area contributed by atoms with E-state index in [2.05, 4.69) is 39.4 Å². The molecule has 0 spiro atoms. The van der Waals surface area contributed by atoms with Crippen LogP contribution in [0.4, 0.5) is 0 Å². The Hall–Kier alpha value is -1.86. The van der Waals surface area contributed by atoms with E-state index in [4.69, 9.17) is 0 Å². The van der Waals surface area contributed by atoms with Gasteiger partial charge in [0.1, 0.15) is 0 Å². The van der Waals surface area contributed by atoms with Crippen molar-refractivity contribution in [2.24, 2.45) is 4.99 Å². The van der Waals surface area contributed by atoms with Crippen LogP contribution in [-0.2, 0) is 15.6 Å². The first-order chi connectivity index (χ1) is 13.0. The van der Waals surface area contributed by atoms with Crippen molar-refractivity contribution in [2.45, 2.75) is 31.9 Å². The standard InChI is InChI=1S/C20H29N3O2S2/c1-3-21-20(23-14-17(2)19-10-12-26-15-19)22-11-7-13-27(24,25)16-18-8-5-4-6-9-18/h4-6,8-10,12,15,17H,3,7,11,13-14,16H2,1-2H3,(H2,21,22,23). The van der Waals surface area contributed by atoms with Gasteiger partial charge in [0, 0.05) is 25.6 Å². The molecule has 0 radical (unpaired) electrons. The maximum atomic E-state index is 12.2. The van der Waals surface area contributed by atoms with Gasteiger partial charge in [0.25, 0.3) is 0 Å².